The van der Waals surface area contributed by atoms with E-state index in [-0.39, 0.29) is 12.1 Å². The Bertz CT molecular complexity index is 962. The molecule has 9 nitrogen and oxygen atoms in total. The van der Waals surface area contributed by atoms with Gasteiger partial charge in [-0.2, -0.15) is 10.2 Å². The number of azo groups is 1. The van der Waals surface area contributed by atoms with Gasteiger partial charge in [-0.15, -0.1) is 0 Å². The van der Waals surface area contributed by atoms with E-state index in [2.05, 4.69) is 50.2 Å². The second-order valence-electron chi connectivity index (χ2n) is 10.0. The number of nitrogens with one attached hydrogen (secondary N) is 4. The van der Waals surface area contributed by atoms with E-state index >= 15 is 0 Å². The highest BCUT2D eigenvalue weighted by Crippen LogP contribution is 2.22. The van der Waals surface area contributed by atoms with Gasteiger partial charge in [0.1, 0.15) is 0 Å². The molecule has 4 amide bonds. The van der Waals surface area contributed by atoms with Crippen molar-refractivity contribution in [2.75, 3.05) is 44.2 Å². The van der Waals surface area contributed by atoms with Gasteiger partial charge in [0.15, 0.2) is 0 Å². The molecule has 0 aliphatic heterocycles. The van der Waals surface area contributed by atoms with Crippen LogP contribution in [0.15, 0.2) is 58.8 Å². The Morgan fingerprint density at radius 1 is 0.600 bits per heavy atom. The summed E-state index contributed by atoms with van der Waals surface area (Å²) in [5, 5.41) is 20.4. The summed E-state index contributed by atoms with van der Waals surface area (Å²) in [7, 11) is 0. The van der Waals surface area contributed by atoms with Crippen molar-refractivity contribution in [1.29, 1.82) is 0 Å². The number of anilines is 1. The van der Waals surface area contributed by atoms with Crippen LogP contribution < -0.4 is 26.2 Å². The lowest BCUT2D eigenvalue weighted by Gasteiger charge is -2.25. The van der Waals surface area contributed by atoms with Gasteiger partial charge in [0, 0.05) is 45.0 Å². The SMILES string of the molecule is CCCCCCNC(=O)NCCN(CCNC(=O)NCCCCCC)c1ccc(/N=N/c2ccc(C)cc2)cc1. The number of carbonyl (C=O) groups excluding carboxylic acids is 2. The number of rotatable bonds is 19. The van der Waals surface area contributed by atoms with Crippen molar-refractivity contribution < 1.29 is 9.59 Å². The third-order valence-electron chi connectivity index (χ3n) is 6.50. The molecular formula is C31H49N7O2. The summed E-state index contributed by atoms with van der Waals surface area (Å²) in [6.45, 7) is 9.94. The summed E-state index contributed by atoms with van der Waals surface area (Å²) >= 11 is 0. The predicted molar refractivity (Wildman–Crippen MR) is 165 cm³/mol. The Kier molecular flexibility index (Phi) is 16.5. The fourth-order valence-corrected chi connectivity index (χ4v) is 4.07. The van der Waals surface area contributed by atoms with Crippen molar-refractivity contribution in [3.05, 3.63) is 54.1 Å². The monoisotopic (exact) mass is 551 g/mol. The molecule has 2 rings (SSSR count). The largest absolute Gasteiger partial charge is 0.368 e. The van der Waals surface area contributed by atoms with E-state index in [0.29, 0.717) is 39.3 Å². The van der Waals surface area contributed by atoms with Crippen molar-refractivity contribution in [2.24, 2.45) is 10.2 Å². The number of carbonyl (C=O) groups is 2. The highest BCUT2D eigenvalue weighted by atomic mass is 16.2. The number of hydrogen-bond acceptors (Lipinski definition) is 5. The lowest BCUT2D eigenvalue weighted by Crippen LogP contribution is -2.44. The van der Waals surface area contributed by atoms with Crippen molar-refractivity contribution in [1.82, 2.24) is 21.3 Å². The van der Waals surface area contributed by atoms with Gasteiger partial charge in [-0.3, -0.25) is 0 Å². The van der Waals surface area contributed by atoms with Gasteiger partial charge in [-0.1, -0.05) is 70.1 Å². The van der Waals surface area contributed by atoms with Crippen LogP contribution >= 0.6 is 0 Å². The second-order valence-corrected chi connectivity index (χ2v) is 10.0. The molecule has 0 aliphatic rings. The van der Waals surface area contributed by atoms with Crippen LogP contribution in [0.3, 0.4) is 0 Å². The van der Waals surface area contributed by atoms with Gasteiger partial charge >= 0.3 is 12.1 Å². The molecule has 4 N–H and O–H groups in total. The maximum absolute atomic E-state index is 12.2. The summed E-state index contributed by atoms with van der Waals surface area (Å²) in [5.41, 5.74) is 3.73. The number of nitrogens with zero attached hydrogens (tertiary/aromatic N) is 3. The van der Waals surface area contributed by atoms with Gasteiger partial charge in [0.25, 0.3) is 0 Å². The first-order valence-corrected chi connectivity index (χ1v) is 14.9. The molecule has 0 radical (unpaired) electrons. The molecule has 0 atom stereocenters. The average Bonchev–Trinajstić information content (AvgIpc) is 2.96. The van der Waals surface area contributed by atoms with E-state index in [1.54, 1.807) is 0 Å². The van der Waals surface area contributed by atoms with Crippen molar-refractivity contribution >= 4 is 29.1 Å². The minimum Gasteiger partial charge on any atom is -0.368 e. The van der Waals surface area contributed by atoms with E-state index in [0.717, 1.165) is 42.7 Å². The summed E-state index contributed by atoms with van der Waals surface area (Å²) in [4.78, 5) is 26.5. The molecule has 220 valence electrons. The maximum Gasteiger partial charge on any atom is 0.314 e. The van der Waals surface area contributed by atoms with Gasteiger partial charge in [-0.25, -0.2) is 9.59 Å². The van der Waals surface area contributed by atoms with E-state index in [9.17, 15) is 9.59 Å². The molecule has 0 fully saturated rings. The molecule has 0 bridgehead atoms. The molecule has 0 saturated heterocycles. The minimum absolute atomic E-state index is 0.149. The lowest BCUT2D eigenvalue weighted by molar-refractivity contribution is 0.240. The zero-order valence-electron chi connectivity index (χ0n) is 24.7. The first-order valence-electron chi connectivity index (χ1n) is 14.9. The Labute approximate surface area is 240 Å². The average molecular weight is 552 g/mol. The van der Waals surface area contributed by atoms with Crippen molar-refractivity contribution in [3.8, 4) is 0 Å². The van der Waals surface area contributed by atoms with E-state index < -0.39 is 0 Å². The minimum atomic E-state index is -0.149. The fourth-order valence-electron chi connectivity index (χ4n) is 4.07. The highest BCUT2D eigenvalue weighted by molar-refractivity contribution is 5.74. The number of urea groups is 2. The third-order valence-corrected chi connectivity index (χ3v) is 6.50. The molecule has 0 aromatic heterocycles. The smallest absolute Gasteiger partial charge is 0.314 e. The maximum atomic E-state index is 12.2. The number of amides is 4. The van der Waals surface area contributed by atoms with Crippen molar-refractivity contribution in [2.45, 2.75) is 72.1 Å². The molecule has 0 spiro atoms. The normalized spacial score (nSPS) is 10.9. The van der Waals surface area contributed by atoms with Crippen LogP contribution in [0.25, 0.3) is 0 Å². The Morgan fingerprint density at radius 3 is 1.48 bits per heavy atom. The molecule has 9 heteroatoms. The van der Waals surface area contributed by atoms with Crippen LogP contribution in [-0.2, 0) is 0 Å². The number of hydrogen-bond donors (Lipinski definition) is 4. The molecule has 0 heterocycles. The van der Waals surface area contributed by atoms with Crippen molar-refractivity contribution in [3.63, 3.8) is 0 Å². The first-order chi connectivity index (χ1) is 19.5. The van der Waals surface area contributed by atoms with Crippen LogP contribution in [0.1, 0.15) is 70.8 Å². The quantitative estimate of drug-likeness (QED) is 0.112. The van der Waals surface area contributed by atoms with E-state index in [1.807, 2.05) is 55.5 Å². The van der Waals surface area contributed by atoms with E-state index in [1.165, 1.54) is 31.2 Å². The summed E-state index contributed by atoms with van der Waals surface area (Å²) in [5.74, 6) is 0. The zero-order chi connectivity index (χ0) is 28.8. The summed E-state index contributed by atoms with van der Waals surface area (Å²) in [6.07, 6.45) is 8.97. The first kappa shape index (κ1) is 32.6. The predicted octanol–water partition coefficient (Wildman–Crippen LogP) is 6.98. The van der Waals surface area contributed by atoms with Gasteiger partial charge in [-0.05, 0) is 56.2 Å². The summed E-state index contributed by atoms with van der Waals surface area (Å²) in [6, 6.07) is 15.4. The second kappa shape index (κ2) is 20.3. The third kappa shape index (κ3) is 14.5. The highest BCUT2D eigenvalue weighted by Gasteiger charge is 2.09. The zero-order valence-corrected chi connectivity index (χ0v) is 24.7. The number of aryl methyl sites for hydroxylation is 1. The topological polar surface area (TPSA) is 110 Å². The number of benzene rings is 2. The Hall–Kier alpha value is -3.62. The van der Waals surface area contributed by atoms with Gasteiger partial charge in [0.05, 0.1) is 11.4 Å². The van der Waals surface area contributed by atoms with Crippen LogP contribution in [-0.4, -0.2) is 51.3 Å². The molecule has 40 heavy (non-hydrogen) atoms. The number of unbranched alkanes of at least 4 members (excludes halogenated alkanes) is 6. The molecule has 2 aromatic rings. The molecular weight excluding hydrogens is 502 g/mol. The van der Waals surface area contributed by atoms with E-state index in [4.69, 9.17) is 0 Å². The molecule has 0 saturated carbocycles. The Balaban J connectivity index is 1.88. The van der Waals surface area contributed by atoms with Crippen LogP contribution in [0, 0.1) is 6.92 Å². The molecule has 0 unspecified atom stereocenters. The molecule has 0 aliphatic carbocycles. The Morgan fingerprint density at radius 2 is 1.02 bits per heavy atom. The van der Waals surface area contributed by atoms with Crippen LogP contribution in [0.5, 0.6) is 0 Å². The lowest BCUT2D eigenvalue weighted by atomic mass is 10.2. The van der Waals surface area contributed by atoms with Gasteiger partial charge < -0.3 is 26.2 Å². The van der Waals surface area contributed by atoms with Crippen LogP contribution in [0.2, 0.25) is 0 Å². The van der Waals surface area contributed by atoms with Gasteiger partial charge in [0.2, 0.25) is 0 Å². The standard InChI is InChI=1S/C31H49N7O2/c1-4-6-8-10-20-32-30(39)34-22-24-38(25-23-35-31(40)33-21-11-9-7-5-2)29-18-16-28(17-19-29)37-36-27-14-12-26(3)13-15-27/h12-19H,4-11,20-25H2,1-3H3,(H2,32,34,39)(H2,33,35,40)/b37-36+. The van der Waals surface area contributed by atoms with Crippen LogP contribution in [0.4, 0.5) is 26.7 Å². The fraction of sp³-hybridized carbons (Fsp3) is 0.548. The summed E-state index contributed by atoms with van der Waals surface area (Å²) < 4.78 is 0. The molecule has 2 aromatic carbocycles.